The summed E-state index contributed by atoms with van der Waals surface area (Å²) >= 11 is 0. The van der Waals surface area contributed by atoms with Crippen molar-refractivity contribution in [2.75, 3.05) is 0 Å². The molecule has 0 aliphatic heterocycles. The molecule has 1 aliphatic carbocycles. The van der Waals surface area contributed by atoms with Gasteiger partial charge in [-0.15, -0.1) is 0 Å². The number of aliphatic carboxylic acids is 1. The lowest BCUT2D eigenvalue weighted by atomic mass is 9.48. The summed E-state index contributed by atoms with van der Waals surface area (Å²) in [7, 11) is 0. The highest BCUT2D eigenvalue weighted by Crippen LogP contribution is 2.60. The van der Waals surface area contributed by atoms with Crippen LogP contribution in [0.15, 0.2) is 11.1 Å². The van der Waals surface area contributed by atoms with E-state index in [0.717, 1.165) is 24.8 Å². The highest BCUT2D eigenvalue weighted by Gasteiger charge is 2.57. The standard InChI is InChI=1S/C18H32O2/c1-8-13-12(5)18(11-4,16(19)20)15(10-3)17(6,7)14(13)9-2/h14-15H,8-11H2,1-7H3,(H,19,20). The largest absolute Gasteiger partial charge is 0.481 e. The molecule has 116 valence electrons. The molecule has 0 fully saturated rings. The van der Waals surface area contributed by atoms with Crippen molar-refractivity contribution in [3.63, 3.8) is 0 Å². The van der Waals surface area contributed by atoms with Crippen molar-refractivity contribution >= 4 is 5.97 Å². The minimum absolute atomic E-state index is 0.0444. The van der Waals surface area contributed by atoms with E-state index in [0.29, 0.717) is 12.3 Å². The van der Waals surface area contributed by atoms with E-state index in [-0.39, 0.29) is 11.3 Å². The predicted molar refractivity (Wildman–Crippen MR) is 84.7 cm³/mol. The van der Waals surface area contributed by atoms with Gasteiger partial charge in [-0.05, 0) is 43.4 Å². The van der Waals surface area contributed by atoms with Gasteiger partial charge in [-0.2, -0.15) is 0 Å². The summed E-state index contributed by atoms with van der Waals surface area (Å²) in [6, 6.07) is 0. The number of hydrogen-bond donors (Lipinski definition) is 1. The van der Waals surface area contributed by atoms with E-state index >= 15 is 0 Å². The van der Waals surface area contributed by atoms with Gasteiger partial charge in [0.05, 0.1) is 5.41 Å². The van der Waals surface area contributed by atoms with E-state index in [1.165, 1.54) is 5.57 Å². The van der Waals surface area contributed by atoms with Crippen LogP contribution in [-0.2, 0) is 4.79 Å². The second kappa shape index (κ2) is 5.91. The van der Waals surface area contributed by atoms with E-state index in [4.69, 9.17) is 0 Å². The van der Waals surface area contributed by atoms with Crippen molar-refractivity contribution in [2.45, 2.75) is 74.1 Å². The fourth-order valence-corrected chi connectivity index (χ4v) is 5.27. The third-order valence-electron chi connectivity index (χ3n) is 6.10. The lowest BCUT2D eigenvalue weighted by molar-refractivity contribution is -0.156. The maximum absolute atomic E-state index is 12.2. The van der Waals surface area contributed by atoms with Crippen molar-refractivity contribution in [3.8, 4) is 0 Å². The van der Waals surface area contributed by atoms with Gasteiger partial charge in [0.1, 0.15) is 0 Å². The lowest BCUT2D eigenvalue weighted by Gasteiger charge is -2.55. The summed E-state index contributed by atoms with van der Waals surface area (Å²) in [5, 5.41) is 10.0. The highest BCUT2D eigenvalue weighted by atomic mass is 16.4. The molecule has 0 aromatic heterocycles. The molecule has 2 nitrogen and oxygen atoms in total. The monoisotopic (exact) mass is 280 g/mol. The minimum Gasteiger partial charge on any atom is -0.481 e. The number of carboxylic acid groups (broad SMARTS) is 1. The Kier molecular flexibility index (Phi) is 5.10. The van der Waals surface area contributed by atoms with Gasteiger partial charge in [0.15, 0.2) is 0 Å². The Balaban J connectivity index is 3.68. The fourth-order valence-electron chi connectivity index (χ4n) is 5.27. The molecule has 3 atom stereocenters. The smallest absolute Gasteiger partial charge is 0.314 e. The predicted octanol–water partition coefficient (Wildman–Crippen LogP) is 5.29. The first-order valence-electron chi connectivity index (χ1n) is 8.18. The SMILES string of the molecule is CCC1=C(C)C(CC)(C(=O)O)C(CC)C(C)(C)C1CC. The average molecular weight is 280 g/mol. The number of hydrogen-bond acceptors (Lipinski definition) is 1. The number of carbonyl (C=O) groups is 1. The second-order valence-corrected chi connectivity index (χ2v) is 6.88. The van der Waals surface area contributed by atoms with Crippen molar-refractivity contribution < 1.29 is 9.90 Å². The van der Waals surface area contributed by atoms with E-state index < -0.39 is 11.4 Å². The topological polar surface area (TPSA) is 37.3 Å². The van der Waals surface area contributed by atoms with E-state index in [2.05, 4.69) is 41.5 Å². The summed E-state index contributed by atoms with van der Waals surface area (Å²) in [5.41, 5.74) is 1.91. The molecule has 0 amide bonds. The molecule has 3 unspecified atom stereocenters. The van der Waals surface area contributed by atoms with Crippen molar-refractivity contribution in [1.82, 2.24) is 0 Å². The van der Waals surface area contributed by atoms with Crippen LogP contribution >= 0.6 is 0 Å². The highest BCUT2D eigenvalue weighted by molar-refractivity contribution is 5.80. The molecule has 0 spiro atoms. The van der Waals surface area contributed by atoms with Gasteiger partial charge in [-0.1, -0.05) is 59.1 Å². The summed E-state index contributed by atoms with van der Waals surface area (Å²) in [5.74, 6) is 0.0900. The van der Waals surface area contributed by atoms with Crippen LogP contribution in [0, 0.1) is 22.7 Å². The maximum atomic E-state index is 12.2. The molecule has 1 N–H and O–H groups in total. The molecular formula is C18H32O2. The first kappa shape index (κ1) is 17.3. The maximum Gasteiger partial charge on any atom is 0.314 e. The molecular weight excluding hydrogens is 248 g/mol. The third-order valence-corrected chi connectivity index (χ3v) is 6.10. The van der Waals surface area contributed by atoms with Crippen LogP contribution in [0.25, 0.3) is 0 Å². The van der Waals surface area contributed by atoms with Crippen LogP contribution in [-0.4, -0.2) is 11.1 Å². The number of allylic oxidation sites excluding steroid dienone is 1. The van der Waals surface area contributed by atoms with E-state index in [1.807, 2.05) is 6.92 Å². The zero-order chi connectivity index (χ0) is 15.7. The molecule has 0 heterocycles. The molecule has 0 radical (unpaired) electrons. The Hall–Kier alpha value is -0.790. The Morgan fingerprint density at radius 2 is 1.70 bits per heavy atom. The second-order valence-electron chi connectivity index (χ2n) is 6.88. The molecule has 2 heteroatoms. The summed E-state index contributed by atoms with van der Waals surface area (Å²) in [4.78, 5) is 12.2. The summed E-state index contributed by atoms with van der Waals surface area (Å²) in [6.07, 6.45) is 3.69. The first-order valence-corrected chi connectivity index (χ1v) is 8.18. The molecule has 1 aliphatic rings. The van der Waals surface area contributed by atoms with Gasteiger partial charge in [0.2, 0.25) is 0 Å². The van der Waals surface area contributed by atoms with Crippen LogP contribution in [0.3, 0.4) is 0 Å². The molecule has 0 saturated carbocycles. The Bertz CT molecular complexity index is 406. The van der Waals surface area contributed by atoms with Gasteiger partial charge < -0.3 is 5.11 Å². The Morgan fingerprint density at radius 3 is 2.00 bits per heavy atom. The lowest BCUT2D eigenvalue weighted by Crippen LogP contribution is -2.52. The molecule has 20 heavy (non-hydrogen) atoms. The number of carboxylic acids is 1. The van der Waals surface area contributed by atoms with Gasteiger partial charge >= 0.3 is 5.97 Å². The molecule has 0 aromatic carbocycles. The fraction of sp³-hybridized carbons (Fsp3) is 0.833. The minimum atomic E-state index is -0.671. The molecule has 1 rings (SSSR count). The normalized spacial score (nSPS) is 33.4. The van der Waals surface area contributed by atoms with Crippen molar-refractivity contribution in [2.24, 2.45) is 22.7 Å². The van der Waals surface area contributed by atoms with Gasteiger partial charge in [0, 0.05) is 0 Å². The van der Waals surface area contributed by atoms with E-state index in [9.17, 15) is 9.90 Å². The number of rotatable bonds is 5. The van der Waals surface area contributed by atoms with Crippen molar-refractivity contribution in [3.05, 3.63) is 11.1 Å². The third kappa shape index (κ3) is 2.12. The average Bonchev–Trinajstić information content (AvgIpc) is 2.39. The zero-order valence-electron chi connectivity index (χ0n) is 14.3. The molecule has 0 saturated heterocycles. The van der Waals surface area contributed by atoms with Crippen LogP contribution in [0.2, 0.25) is 0 Å². The quantitative estimate of drug-likeness (QED) is 0.695. The molecule has 0 bridgehead atoms. The van der Waals surface area contributed by atoms with E-state index in [1.54, 1.807) is 0 Å². The summed E-state index contributed by atoms with van der Waals surface area (Å²) in [6.45, 7) is 15.2. The van der Waals surface area contributed by atoms with Crippen LogP contribution < -0.4 is 0 Å². The Morgan fingerprint density at radius 1 is 1.15 bits per heavy atom. The zero-order valence-corrected chi connectivity index (χ0v) is 14.3. The van der Waals surface area contributed by atoms with Crippen LogP contribution in [0.5, 0.6) is 0 Å². The van der Waals surface area contributed by atoms with Crippen molar-refractivity contribution in [1.29, 1.82) is 0 Å². The summed E-state index contributed by atoms with van der Waals surface area (Å²) < 4.78 is 0. The van der Waals surface area contributed by atoms with Gasteiger partial charge in [0.25, 0.3) is 0 Å². The van der Waals surface area contributed by atoms with Crippen LogP contribution in [0.1, 0.15) is 74.1 Å². The van der Waals surface area contributed by atoms with Gasteiger partial charge in [-0.3, -0.25) is 4.79 Å². The van der Waals surface area contributed by atoms with Crippen LogP contribution in [0.4, 0.5) is 0 Å². The first-order chi connectivity index (χ1) is 9.25. The van der Waals surface area contributed by atoms with Gasteiger partial charge in [-0.25, -0.2) is 0 Å². The Labute approximate surface area is 124 Å². The molecule has 0 aromatic rings.